The van der Waals surface area contributed by atoms with E-state index < -0.39 is 0 Å². The maximum Gasteiger partial charge on any atom is 0.237 e. The van der Waals surface area contributed by atoms with Crippen LogP contribution in [-0.4, -0.2) is 29.8 Å². The Labute approximate surface area is 91.6 Å². The van der Waals surface area contributed by atoms with Gasteiger partial charge in [-0.3, -0.25) is 4.79 Å². The molecule has 1 heterocycles. The Hall–Kier alpha value is -0.750. The lowest BCUT2D eigenvalue weighted by molar-refractivity contribution is -0.127. The van der Waals surface area contributed by atoms with Crippen LogP contribution in [0.15, 0.2) is 0 Å². The Bertz CT molecular complexity index is 171. The zero-order chi connectivity index (χ0) is 11.4. The predicted molar refractivity (Wildman–Crippen MR) is 59.2 cm³/mol. The smallest absolute Gasteiger partial charge is 0.237 e. The average molecular weight is 219 g/mol. The van der Waals surface area contributed by atoms with Crippen molar-refractivity contribution in [3.63, 3.8) is 0 Å². The minimum Gasteiger partial charge on any atom is -0.342 e. The molecule has 1 amide bonds. The van der Waals surface area contributed by atoms with Crippen molar-refractivity contribution in [1.82, 2.24) is 4.90 Å². The minimum absolute atomic E-state index is 0.0779. The molecule has 0 saturated carbocycles. The Kier molecular flexibility index (Phi) is 13.7. The van der Waals surface area contributed by atoms with Gasteiger partial charge in [-0.25, -0.2) is 0 Å². The standard InChI is InChI=1S/C6H10ClNO.C2H3N.C2H6/c7-5-6(9)8-3-1-2-4-8;1-2-3;1-2/h1-5H2;1H3;1-2H3. The summed E-state index contributed by atoms with van der Waals surface area (Å²) in [5.74, 6) is 0.217. The number of hydrogen-bond donors (Lipinski definition) is 0. The summed E-state index contributed by atoms with van der Waals surface area (Å²) >= 11 is 5.34. The molecule has 1 aliphatic rings. The molecule has 0 aromatic rings. The first-order chi connectivity index (χ1) is 6.76. The van der Waals surface area contributed by atoms with Gasteiger partial charge in [-0.15, -0.1) is 11.6 Å². The summed E-state index contributed by atoms with van der Waals surface area (Å²) in [5, 5.41) is 7.32. The molecule has 0 aromatic heterocycles. The van der Waals surface area contributed by atoms with Gasteiger partial charge in [0.15, 0.2) is 0 Å². The van der Waals surface area contributed by atoms with Gasteiger partial charge in [0.1, 0.15) is 5.88 Å². The van der Waals surface area contributed by atoms with Crippen molar-refractivity contribution in [3.8, 4) is 6.07 Å². The summed E-state index contributed by atoms with van der Waals surface area (Å²) in [7, 11) is 0. The number of carbonyl (C=O) groups excluding carboxylic acids is 1. The molecule has 0 unspecified atom stereocenters. The van der Waals surface area contributed by atoms with E-state index in [-0.39, 0.29) is 11.8 Å². The highest BCUT2D eigenvalue weighted by atomic mass is 35.5. The van der Waals surface area contributed by atoms with Crippen LogP contribution in [0.5, 0.6) is 0 Å². The second-order valence-corrected chi connectivity index (χ2v) is 2.71. The molecule has 0 spiro atoms. The second kappa shape index (κ2) is 12.2. The quantitative estimate of drug-likeness (QED) is 0.635. The predicted octanol–water partition coefficient (Wildman–Crippen LogP) is 2.40. The highest BCUT2D eigenvalue weighted by molar-refractivity contribution is 6.27. The fraction of sp³-hybridized carbons (Fsp3) is 0.800. The van der Waals surface area contributed by atoms with E-state index in [9.17, 15) is 4.79 Å². The van der Waals surface area contributed by atoms with E-state index >= 15 is 0 Å². The SMILES string of the molecule is CC.CC#N.O=C(CCl)N1CCCC1. The summed E-state index contributed by atoms with van der Waals surface area (Å²) in [4.78, 5) is 12.6. The summed E-state index contributed by atoms with van der Waals surface area (Å²) in [5.41, 5.74) is 0. The fourth-order valence-corrected chi connectivity index (χ4v) is 1.22. The van der Waals surface area contributed by atoms with Gasteiger partial charge in [0.05, 0.1) is 6.07 Å². The normalized spacial score (nSPS) is 12.9. The molecule has 4 heteroatoms. The third-order valence-electron chi connectivity index (χ3n) is 1.57. The van der Waals surface area contributed by atoms with Crippen LogP contribution < -0.4 is 0 Å². The zero-order valence-corrected chi connectivity index (χ0v) is 9.97. The molecule has 0 atom stereocenters. The summed E-state index contributed by atoms with van der Waals surface area (Å²) in [6.45, 7) is 7.25. The van der Waals surface area contributed by atoms with Crippen LogP contribution in [0.3, 0.4) is 0 Å². The Morgan fingerprint density at radius 2 is 1.79 bits per heavy atom. The van der Waals surface area contributed by atoms with Crippen molar-refractivity contribution in [2.45, 2.75) is 33.6 Å². The van der Waals surface area contributed by atoms with E-state index in [0.717, 1.165) is 25.9 Å². The first-order valence-corrected chi connectivity index (χ1v) is 5.44. The van der Waals surface area contributed by atoms with Gasteiger partial charge in [0.25, 0.3) is 0 Å². The molecule has 0 bridgehead atoms. The molecule has 82 valence electrons. The molecule has 0 aromatic carbocycles. The number of nitriles is 1. The molecule has 1 aliphatic heterocycles. The van der Waals surface area contributed by atoms with E-state index in [1.807, 2.05) is 18.7 Å². The van der Waals surface area contributed by atoms with Gasteiger partial charge in [-0.1, -0.05) is 13.8 Å². The number of alkyl halides is 1. The maximum atomic E-state index is 10.8. The molecule has 1 saturated heterocycles. The van der Waals surface area contributed by atoms with Gasteiger partial charge in [-0.2, -0.15) is 5.26 Å². The largest absolute Gasteiger partial charge is 0.342 e. The number of likely N-dealkylation sites (tertiary alicyclic amines) is 1. The number of halogens is 1. The summed E-state index contributed by atoms with van der Waals surface area (Å²) in [6.07, 6.45) is 2.28. The third-order valence-corrected chi connectivity index (χ3v) is 1.80. The van der Waals surface area contributed by atoms with Crippen molar-refractivity contribution in [3.05, 3.63) is 0 Å². The van der Waals surface area contributed by atoms with Crippen LogP contribution >= 0.6 is 11.6 Å². The Balaban J connectivity index is 0. The van der Waals surface area contributed by atoms with Crippen LogP contribution in [-0.2, 0) is 4.79 Å². The third kappa shape index (κ3) is 7.88. The van der Waals surface area contributed by atoms with Crippen LogP contribution in [0, 0.1) is 11.3 Å². The molecule has 3 nitrogen and oxygen atoms in total. The average Bonchev–Trinajstić information content (AvgIpc) is 2.74. The highest BCUT2D eigenvalue weighted by Gasteiger charge is 2.15. The van der Waals surface area contributed by atoms with Crippen LogP contribution in [0.2, 0.25) is 0 Å². The molecule has 0 aliphatic carbocycles. The van der Waals surface area contributed by atoms with Crippen molar-refractivity contribution < 1.29 is 4.79 Å². The molecular weight excluding hydrogens is 200 g/mol. The molecule has 0 radical (unpaired) electrons. The van der Waals surface area contributed by atoms with Crippen LogP contribution in [0.4, 0.5) is 0 Å². The first-order valence-electron chi connectivity index (χ1n) is 4.90. The van der Waals surface area contributed by atoms with Crippen molar-refractivity contribution >= 4 is 17.5 Å². The summed E-state index contributed by atoms with van der Waals surface area (Å²) in [6, 6.07) is 1.75. The lowest BCUT2D eigenvalue weighted by Gasteiger charge is -2.11. The van der Waals surface area contributed by atoms with Gasteiger partial charge >= 0.3 is 0 Å². The number of amides is 1. The minimum atomic E-state index is 0.0779. The van der Waals surface area contributed by atoms with Gasteiger partial charge in [0, 0.05) is 20.0 Å². The Morgan fingerprint density at radius 1 is 1.43 bits per heavy atom. The molecule has 14 heavy (non-hydrogen) atoms. The van der Waals surface area contributed by atoms with E-state index in [2.05, 4.69) is 0 Å². The zero-order valence-electron chi connectivity index (χ0n) is 9.22. The number of rotatable bonds is 1. The van der Waals surface area contributed by atoms with E-state index in [4.69, 9.17) is 16.9 Å². The summed E-state index contributed by atoms with van der Waals surface area (Å²) < 4.78 is 0. The molecule has 1 rings (SSSR count). The van der Waals surface area contributed by atoms with E-state index in [0.29, 0.717) is 0 Å². The van der Waals surface area contributed by atoms with Crippen molar-refractivity contribution in [1.29, 1.82) is 5.26 Å². The lowest BCUT2D eigenvalue weighted by atomic mass is 10.4. The maximum absolute atomic E-state index is 10.8. The van der Waals surface area contributed by atoms with E-state index in [1.54, 1.807) is 6.07 Å². The Morgan fingerprint density at radius 3 is 2.07 bits per heavy atom. The molecule has 0 N–H and O–H groups in total. The topological polar surface area (TPSA) is 44.1 Å². The molecular formula is C10H19ClN2O. The first kappa shape index (κ1) is 15.7. The van der Waals surface area contributed by atoms with Gasteiger partial charge in [-0.05, 0) is 12.8 Å². The number of carbonyl (C=O) groups is 1. The highest BCUT2D eigenvalue weighted by Crippen LogP contribution is 2.07. The fourth-order valence-electron chi connectivity index (χ4n) is 1.05. The van der Waals surface area contributed by atoms with Crippen molar-refractivity contribution in [2.75, 3.05) is 19.0 Å². The monoisotopic (exact) mass is 218 g/mol. The lowest BCUT2D eigenvalue weighted by Crippen LogP contribution is -2.28. The second-order valence-electron chi connectivity index (χ2n) is 2.45. The van der Waals surface area contributed by atoms with Gasteiger partial charge < -0.3 is 4.90 Å². The van der Waals surface area contributed by atoms with E-state index in [1.165, 1.54) is 6.92 Å². The van der Waals surface area contributed by atoms with Crippen molar-refractivity contribution in [2.24, 2.45) is 0 Å². The number of hydrogen-bond acceptors (Lipinski definition) is 2. The molecule has 1 fully saturated rings. The van der Waals surface area contributed by atoms with Crippen LogP contribution in [0.25, 0.3) is 0 Å². The number of nitrogens with zero attached hydrogens (tertiary/aromatic N) is 2. The van der Waals surface area contributed by atoms with Crippen LogP contribution in [0.1, 0.15) is 33.6 Å². The van der Waals surface area contributed by atoms with Gasteiger partial charge in [0.2, 0.25) is 5.91 Å².